The van der Waals surface area contributed by atoms with Crippen LogP contribution in [0.15, 0.2) is 23.3 Å². The first kappa shape index (κ1) is 15.3. The number of nitriles is 2. The van der Waals surface area contributed by atoms with Crippen molar-refractivity contribution in [1.29, 1.82) is 10.5 Å². The van der Waals surface area contributed by atoms with Gasteiger partial charge in [0.1, 0.15) is 5.92 Å². The minimum Gasteiger partial charge on any atom is -0.272 e. The molecule has 0 fully saturated rings. The van der Waals surface area contributed by atoms with Crippen molar-refractivity contribution in [2.75, 3.05) is 0 Å². The van der Waals surface area contributed by atoms with E-state index in [1.54, 1.807) is 25.1 Å². The molecule has 1 aliphatic rings. The molecule has 21 heavy (non-hydrogen) atoms. The van der Waals surface area contributed by atoms with Gasteiger partial charge in [-0.2, -0.15) is 15.6 Å². The van der Waals surface area contributed by atoms with Gasteiger partial charge in [-0.15, -0.1) is 0 Å². The highest BCUT2D eigenvalue weighted by Gasteiger charge is 2.40. The molecule has 0 aliphatic carbocycles. The van der Waals surface area contributed by atoms with Crippen LogP contribution in [0.1, 0.15) is 18.4 Å². The second-order valence-corrected chi connectivity index (χ2v) is 5.46. The average molecular weight is 321 g/mol. The number of hydrazone groups is 1. The molecule has 0 saturated heterocycles. The van der Waals surface area contributed by atoms with Crippen LogP contribution in [0.25, 0.3) is 0 Å². The standard InChI is InChI=1S/C14H10Cl2N4O/c1-7-12(14(21)20-19-7)13(9(5-17)6-18)8-2-3-10(15)11(16)4-8/h2-4,9,12-13H,1H3,(H,20,21)/t12-,13-/m1/s1. The van der Waals surface area contributed by atoms with Gasteiger partial charge in [-0.3, -0.25) is 4.79 Å². The van der Waals surface area contributed by atoms with Crippen LogP contribution in [0.3, 0.4) is 0 Å². The van der Waals surface area contributed by atoms with Crippen molar-refractivity contribution in [3.63, 3.8) is 0 Å². The zero-order chi connectivity index (χ0) is 15.6. The van der Waals surface area contributed by atoms with Gasteiger partial charge in [-0.05, 0) is 24.6 Å². The van der Waals surface area contributed by atoms with Gasteiger partial charge in [0, 0.05) is 11.6 Å². The first-order valence-corrected chi connectivity index (χ1v) is 6.83. The molecule has 0 aromatic heterocycles. The molecule has 1 aliphatic heterocycles. The fourth-order valence-electron chi connectivity index (χ4n) is 2.38. The molecule has 0 saturated carbocycles. The molecule has 1 aromatic carbocycles. The molecule has 106 valence electrons. The Morgan fingerprint density at radius 1 is 1.29 bits per heavy atom. The number of amides is 1. The van der Waals surface area contributed by atoms with Crippen molar-refractivity contribution in [2.45, 2.75) is 12.8 Å². The number of nitrogens with one attached hydrogen (secondary N) is 1. The lowest BCUT2D eigenvalue weighted by Gasteiger charge is -2.23. The Morgan fingerprint density at radius 3 is 2.43 bits per heavy atom. The number of nitrogens with zero attached hydrogens (tertiary/aromatic N) is 3. The normalized spacial score (nSPS) is 18.7. The number of hydrogen-bond acceptors (Lipinski definition) is 4. The molecule has 0 radical (unpaired) electrons. The van der Waals surface area contributed by atoms with E-state index in [4.69, 9.17) is 23.2 Å². The molecule has 1 aromatic rings. The Labute approximate surface area is 131 Å². The minimum atomic E-state index is -0.999. The fraction of sp³-hybridized carbons (Fsp3) is 0.286. The van der Waals surface area contributed by atoms with Crippen LogP contribution in [0.5, 0.6) is 0 Å². The quantitative estimate of drug-likeness (QED) is 0.928. The van der Waals surface area contributed by atoms with Gasteiger partial charge in [-0.25, -0.2) is 5.43 Å². The Kier molecular flexibility index (Phi) is 4.47. The average Bonchev–Trinajstić information content (AvgIpc) is 2.79. The predicted molar refractivity (Wildman–Crippen MR) is 78.7 cm³/mol. The molecule has 5 nitrogen and oxygen atoms in total. The van der Waals surface area contributed by atoms with Crippen molar-refractivity contribution in [3.8, 4) is 12.1 Å². The van der Waals surface area contributed by atoms with Gasteiger partial charge in [-0.1, -0.05) is 29.3 Å². The van der Waals surface area contributed by atoms with Crippen molar-refractivity contribution in [3.05, 3.63) is 33.8 Å². The summed E-state index contributed by atoms with van der Waals surface area (Å²) < 4.78 is 0. The number of carbonyl (C=O) groups excluding carboxylic acids is 1. The first-order valence-electron chi connectivity index (χ1n) is 6.07. The van der Waals surface area contributed by atoms with Crippen LogP contribution < -0.4 is 5.43 Å². The summed E-state index contributed by atoms with van der Waals surface area (Å²) in [6.45, 7) is 1.68. The maximum atomic E-state index is 12.0. The number of rotatable bonds is 3. The van der Waals surface area contributed by atoms with Crippen LogP contribution in [0.2, 0.25) is 10.0 Å². The number of hydrogen-bond donors (Lipinski definition) is 1. The highest BCUT2D eigenvalue weighted by molar-refractivity contribution is 6.42. The van der Waals surface area contributed by atoms with Crippen LogP contribution >= 0.6 is 23.2 Å². The van der Waals surface area contributed by atoms with E-state index in [9.17, 15) is 15.3 Å². The molecule has 2 atom stereocenters. The first-order chi connectivity index (χ1) is 9.99. The number of carbonyl (C=O) groups is 1. The van der Waals surface area contributed by atoms with Crippen LogP contribution in [-0.2, 0) is 4.79 Å². The summed E-state index contributed by atoms with van der Waals surface area (Å²) in [5.74, 6) is -2.66. The predicted octanol–water partition coefficient (Wildman–Crippen LogP) is 2.86. The lowest BCUT2D eigenvalue weighted by Crippen LogP contribution is -2.32. The Balaban J connectivity index is 2.54. The number of halogens is 2. The summed E-state index contributed by atoms with van der Waals surface area (Å²) in [4.78, 5) is 12.0. The summed E-state index contributed by atoms with van der Waals surface area (Å²) in [5, 5.41) is 23.0. The van der Waals surface area contributed by atoms with Crippen molar-refractivity contribution < 1.29 is 4.79 Å². The molecule has 1 N–H and O–H groups in total. The third-order valence-electron chi connectivity index (χ3n) is 3.40. The van der Waals surface area contributed by atoms with Gasteiger partial charge in [0.15, 0.2) is 0 Å². The van der Waals surface area contributed by atoms with E-state index < -0.39 is 17.8 Å². The zero-order valence-corrected chi connectivity index (χ0v) is 12.5. The Morgan fingerprint density at radius 2 is 1.95 bits per heavy atom. The highest BCUT2D eigenvalue weighted by atomic mass is 35.5. The second kappa shape index (κ2) is 6.13. The van der Waals surface area contributed by atoms with Gasteiger partial charge >= 0.3 is 0 Å². The fourth-order valence-corrected chi connectivity index (χ4v) is 2.69. The molecule has 1 amide bonds. The van der Waals surface area contributed by atoms with Gasteiger partial charge in [0.25, 0.3) is 0 Å². The van der Waals surface area contributed by atoms with Gasteiger partial charge in [0.05, 0.1) is 28.1 Å². The van der Waals surface area contributed by atoms with Crippen molar-refractivity contribution in [2.24, 2.45) is 16.9 Å². The summed E-state index contributed by atoms with van der Waals surface area (Å²) >= 11 is 11.9. The van der Waals surface area contributed by atoms with E-state index in [1.165, 1.54) is 0 Å². The van der Waals surface area contributed by atoms with E-state index in [-0.39, 0.29) is 5.91 Å². The van der Waals surface area contributed by atoms with Crippen LogP contribution in [-0.4, -0.2) is 11.6 Å². The van der Waals surface area contributed by atoms with Crippen molar-refractivity contribution >= 4 is 34.8 Å². The molecule has 1 heterocycles. The molecule has 0 unspecified atom stereocenters. The third-order valence-corrected chi connectivity index (χ3v) is 4.14. The summed E-state index contributed by atoms with van der Waals surface area (Å²) in [6, 6.07) is 8.69. The monoisotopic (exact) mass is 320 g/mol. The maximum Gasteiger partial charge on any atom is 0.249 e. The summed E-state index contributed by atoms with van der Waals surface area (Å²) in [7, 11) is 0. The lowest BCUT2D eigenvalue weighted by molar-refractivity contribution is -0.122. The van der Waals surface area contributed by atoms with Gasteiger partial charge in [0.2, 0.25) is 5.91 Å². The van der Waals surface area contributed by atoms with E-state index >= 15 is 0 Å². The third kappa shape index (κ3) is 2.85. The highest BCUT2D eigenvalue weighted by Crippen LogP contribution is 2.37. The molecule has 0 bridgehead atoms. The Hall–Kier alpha value is -2.08. The van der Waals surface area contributed by atoms with Crippen molar-refractivity contribution in [1.82, 2.24) is 5.43 Å². The summed E-state index contributed by atoms with van der Waals surface area (Å²) in [5.41, 5.74) is 3.51. The second-order valence-electron chi connectivity index (χ2n) is 4.64. The van der Waals surface area contributed by atoms with E-state index in [0.717, 1.165) is 0 Å². The summed E-state index contributed by atoms with van der Waals surface area (Å²) in [6.07, 6.45) is 0. The van der Waals surface area contributed by atoms with Gasteiger partial charge < -0.3 is 0 Å². The van der Waals surface area contributed by atoms with Crippen LogP contribution in [0.4, 0.5) is 0 Å². The largest absolute Gasteiger partial charge is 0.272 e. The van der Waals surface area contributed by atoms with E-state index in [2.05, 4.69) is 10.5 Å². The molecule has 2 rings (SSSR count). The lowest BCUT2D eigenvalue weighted by atomic mass is 9.76. The molecular formula is C14H10Cl2N4O. The van der Waals surface area contributed by atoms with E-state index in [0.29, 0.717) is 21.3 Å². The number of benzene rings is 1. The minimum absolute atomic E-state index is 0.307. The molecular weight excluding hydrogens is 311 g/mol. The molecule has 7 heteroatoms. The smallest absolute Gasteiger partial charge is 0.249 e. The SMILES string of the molecule is CC1=NNC(=O)[C@H]1[C@H](c1ccc(Cl)c(Cl)c1)C(C#N)C#N. The van der Waals surface area contributed by atoms with E-state index in [1.807, 2.05) is 12.1 Å². The molecule has 0 spiro atoms. The Bertz CT molecular complexity index is 688. The topological polar surface area (TPSA) is 89.0 Å². The zero-order valence-electron chi connectivity index (χ0n) is 11.0. The maximum absolute atomic E-state index is 12.0. The van der Waals surface area contributed by atoms with Crippen LogP contribution in [0, 0.1) is 34.5 Å².